The molecule has 2 aromatic heterocycles. The maximum atomic E-state index is 15.8. The Morgan fingerprint density at radius 1 is 0.980 bits per heavy atom. The van der Waals surface area contributed by atoms with Gasteiger partial charge >= 0.3 is 12.1 Å². The van der Waals surface area contributed by atoms with E-state index in [1.54, 1.807) is 42.5 Å². The molecule has 3 saturated heterocycles. The van der Waals surface area contributed by atoms with E-state index in [9.17, 15) is 27.3 Å². The summed E-state index contributed by atoms with van der Waals surface area (Å²) in [6, 6.07) is 15.8. The molecule has 2 unspecified atom stereocenters. The molecular formula is C34H34F4N4O7S. The standard InChI is InChI=1S/C34H34F4N4O7S/c1-41(2)50(45,40-33(44)34(36,37)38)22-12-10-20(11-13-22)19-6-8-21(9-7-19)30-23(35)15-25-24(39-30)16-29(42(25)28-5-3-4-14-46-28)49-27-18-48-31-26(43)17-47-32(27)31/h6-13,15-16,26-28,31-32,43H,3-5,14,17-18H2,1-2H3/t26-,27-,28?,31-,32-,50?/m1/s1. The molecule has 1 N–H and O–H groups in total. The van der Waals surface area contributed by atoms with Crippen LogP contribution in [-0.2, 0) is 28.9 Å². The van der Waals surface area contributed by atoms with Crippen LogP contribution in [0.2, 0.25) is 0 Å². The van der Waals surface area contributed by atoms with Crippen LogP contribution in [0.1, 0.15) is 25.5 Å². The van der Waals surface area contributed by atoms with Crippen LogP contribution in [-0.4, -0.2) is 93.6 Å². The molecule has 2 aromatic carbocycles. The van der Waals surface area contributed by atoms with Crippen molar-refractivity contribution in [1.82, 2.24) is 13.9 Å². The summed E-state index contributed by atoms with van der Waals surface area (Å²) in [6.07, 6.45) is -5.21. The average Bonchev–Trinajstić information content (AvgIpc) is 3.78. The van der Waals surface area contributed by atoms with Crippen molar-refractivity contribution in [3.8, 4) is 28.3 Å². The lowest BCUT2D eigenvalue weighted by Gasteiger charge is -2.27. The van der Waals surface area contributed by atoms with Gasteiger partial charge in [0, 0.05) is 38.4 Å². The predicted molar refractivity (Wildman–Crippen MR) is 173 cm³/mol. The maximum Gasteiger partial charge on any atom is 0.474 e. The van der Waals surface area contributed by atoms with Gasteiger partial charge < -0.3 is 24.1 Å². The Morgan fingerprint density at radius 2 is 1.64 bits per heavy atom. The highest BCUT2D eigenvalue weighted by molar-refractivity contribution is 7.91. The molecule has 16 heteroatoms. The Balaban J connectivity index is 1.17. The number of benzene rings is 2. The monoisotopic (exact) mass is 718 g/mol. The lowest BCUT2D eigenvalue weighted by Crippen LogP contribution is -2.35. The molecule has 11 nitrogen and oxygen atoms in total. The first kappa shape index (κ1) is 34.5. The van der Waals surface area contributed by atoms with Gasteiger partial charge in [-0.2, -0.15) is 13.2 Å². The molecule has 5 heterocycles. The molecule has 50 heavy (non-hydrogen) atoms. The zero-order valence-corrected chi connectivity index (χ0v) is 27.8. The van der Waals surface area contributed by atoms with Gasteiger partial charge in [0.05, 0.1) is 29.1 Å². The zero-order valence-electron chi connectivity index (χ0n) is 27.0. The Labute approximate surface area is 285 Å². The number of pyridine rings is 1. The third-order valence-corrected chi connectivity index (χ3v) is 11.3. The smallest absolute Gasteiger partial charge is 0.470 e. The summed E-state index contributed by atoms with van der Waals surface area (Å²) in [7, 11) is -1.31. The lowest BCUT2D eigenvalue weighted by molar-refractivity contribution is -0.169. The number of aliphatic hydroxyl groups excluding tert-OH is 1. The van der Waals surface area contributed by atoms with Gasteiger partial charge in [0.15, 0.2) is 17.8 Å². The van der Waals surface area contributed by atoms with Crippen LogP contribution in [0.3, 0.4) is 0 Å². The van der Waals surface area contributed by atoms with Crippen molar-refractivity contribution in [2.24, 2.45) is 4.36 Å². The average molecular weight is 719 g/mol. The van der Waals surface area contributed by atoms with E-state index in [1.807, 2.05) is 4.57 Å². The molecule has 0 radical (unpaired) electrons. The van der Waals surface area contributed by atoms with E-state index in [0.717, 1.165) is 17.1 Å². The quantitative estimate of drug-likeness (QED) is 0.249. The molecule has 3 aliphatic heterocycles. The number of hydrogen-bond acceptors (Lipinski definition) is 8. The van der Waals surface area contributed by atoms with Gasteiger partial charge in [0.2, 0.25) is 0 Å². The third kappa shape index (κ3) is 6.39. The van der Waals surface area contributed by atoms with Gasteiger partial charge in [0.1, 0.15) is 40.1 Å². The number of carbonyl (C=O) groups excluding carboxylic acids is 1. The van der Waals surface area contributed by atoms with E-state index in [0.29, 0.717) is 46.6 Å². The van der Waals surface area contributed by atoms with Crippen molar-refractivity contribution in [1.29, 1.82) is 0 Å². The lowest BCUT2D eigenvalue weighted by atomic mass is 10.0. The van der Waals surface area contributed by atoms with Crippen molar-refractivity contribution in [3.05, 3.63) is 66.5 Å². The summed E-state index contributed by atoms with van der Waals surface area (Å²) in [5.41, 5.74) is 2.93. The molecule has 3 fully saturated rings. The number of halogens is 4. The van der Waals surface area contributed by atoms with Gasteiger partial charge in [-0.1, -0.05) is 36.4 Å². The van der Waals surface area contributed by atoms with Gasteiger partial charge in [-0.05, 0) is 42.5 Å². The number of aromatic nitrogens is 2. The summed E-state index contributed by atoms with van der Waals surface area (Å²) in [5, 5.41) is 10.2. The number of carbonyl (C=O) groups is 1. The highest BCUT2D eigenvalue weighted by atomic mass is 32.2. The second kappa shape index (κ2) is 13.3. The first-order valence-electron chi connectivity index (χ1n) is 16.0. The molecule has 3 aliphatic rings. The molecule has 0 bridgehead atoms. The molecular weight excluding hydrogens is 684 g/mol. The zero-order chi connectivity index (χ0) is 35.4. The fourth-order valence-electron chi connectivity index (χ4n) is 6.47. The first-order chi connectivity index (χ1) is 23.8. The number of ether oxygens (including phenoxy) is 4. The Bertz CT molecular complexity index is 2020. The second-order valence-corrected chi connectivity index (χ2v) is 14.9. The van der Waals surface area contributed by atoms with E-state index in [-0.39, 0.29) is 30.0 Å². The van der Waals surface area contributed by atoms with Crippen LogP contribution in [0.25, 0.3) is 33.4 Å². The predicted octanol–water partition coefficient (Wildman–Crippen LogP) is 5.51. The summed E-state index contributed by atoms with van der Waals surface area (Å²) in [6.45, 7) is 0.941. The molecule has 1 amide bonds. The summed E-state index contributed by atoms with van der Waals surface area (Å²) in [5.74, 6) is -2.56. The number of hydrogen-bond donors (Lipinski definition) is 1. The normalized spacial score (nSPS) is 25.1. The topological polar surface area (TPSA) is 125 Å². The third-order valence-electron chi connectivity index (χ3n) is 9.04. The summed E-state index contributed by atoms with van der Waals surface area (Å²) < 4.78 is 97.6. The highest BCUT2D eigenvalue weighted by Gasteiger charge is 2.49. The molecule has 0 spiro atoms. The molecule has 7 rings (SSSR count). The Kier molecular flexibility index (Phi) is 9.19. The number of aliphatic hydroxyl groups is 1. The largest absolute Gasteiger partial charge is 0.474 e. The van der Waals surface area contributed by atoms with Crippen molar-refractivity contribution in [3.63, 3.8) is 0 Å². The van der Waals surface area contributed by atoms with Crippen molar-refractivity contribution in [2.75, 3.05) is 33.9 Å². The fraction of sp³-hybridized carbons (Fsp3) is 0.412. The van der Waals surface area contributed by atoms with E-state index >= 15 is 4.39 Å². The van der Waals surface area contributed by atoms with Crippen LogP contribution in [0, 0.1) is 5.82 Å². The van der Waals surface area contributed by atoms with E-state index in [2.05, 4.69) is 9.35 Å². The van der Waals surface area contributed by atoms with Crippen LogP contribution in [0.15, 0.2) is 69.9 Å². The fourth-order valence-corrected chi connectivity index (χ4v) is 7.98. The number of amides is 1. The van der Waals surface area contributed by atoms with Crippen LogP contribution in [0.5, 0.6) is 5.88 Å². The van der Waals surface area contributed by atoms with Crippen LogP contribution >= 0.6 is 0 Å². The van der Waals surface area contributed by atoms with Gasteiger partial charge in [-0.3, -0.25) is 9.36 Å². The number of rotatable bonds is 7. The van der Waals surface area contributed by atoms with Crippen LogP contribution < -0.4 is 4.74 Å². The molecule has 6 atom stereocenters. The number of fused-ring (bicyclic) bond motifs is 2. The van der Waals surface area contributed by atoms with E-state index < -0.39 is 52.2 Å². The van der Waals surface area contributed by atoms with E-state index in [1.165, 1.54) is 32.3 Å². The van der Waals surface area contributed by atoms with Gasteiger partial charge in [-0.15, -0.1) is 4.36 Å². The Morgan fingerprint density at radius 3 is 2.28 bits per heavy atom. The summed E-state index contributed by atoms with van der Waals surface area (Å²) in [4.78, 5) is 16.2. The first-order valence-corrected chi connectivity index (χ1v) is 17.5. The minimum absolute atomic E-state index is 0.0670. The minimum Gasteiger partial charge on any atom is -0.470 e. The maximum absolute atomic E-state index is 15.8. The highest BCUT2D eigenvalue weighted by Crippen LogP contribution is 2.38. The van der Waals surface area contributed by atoms with E-state index in [4.69, 9.17) is 18.9 Å². The molecule has 266 valence electrons. The number of alkyl halides is 3. The molecule has 4 aromatic rings. The van der Waals surface area contributed by atoms with Crippen molar-refractivity contribution >= 4 is 26.9 Å². The SMILES string of the molecule is CN(C)S(=O)(=NC(=O)C(F)(F)F)c1ccc(-c2ccc(-c3nc4cc(O[C@@H]5CO[C@H]6[C@@H]5OC[C@H]6O)n(C5CCCCO5)c4cc3F)cc2)cc1. The van der Waals surface area contributed by atoms with Crippen molar-refractivity contribution < 1.29 is 50.6 Å². The van der Waals surface area contributed by atoms with Gasteiger partial charge in [-0.25, -0.2) is 17.9 Å². The number of nitrogens with zero attached hydrogens (tertiary/aromatic N) is 4. The minimum atomic E-state index is -5.26. The second-order valence-electron chi connectivity index (χ2n) is 12.5. The molecule has 0 aliphatic carbocycles. The van der Waals surface area contributed by atoms with Gasteiger partial charge in [0.25, 0.3) is 0 Å². The van der Waals surface area contributed by atoms with Crippen molar-refractivity contribution in [2.45, 2.75) is 61.0 Å². The molecule has 0 saturated carbocycles. The van der Waals surface area contributed by atoms with Crippen LogP contribution in [0.4, 0.5) is 17.6 Å². The summed E-state index contributed by atoms with van der Waals surface area (Å²) >= 11 is 0. The Hall–Kier alpha value is -3.93.